The molecule has 0 bridgehead atoms. The highest BCUT2D eigenvalue weighted by molar-refractivity contribution is 6.07. The summed E-state index contributed by atoms with van der Waals surface area (Å²) in [6.07, 6.45) is 0.971. The number of likely N-dealkylation sites (N-methyl/N-ethyl adjacent to an activating group) is 1. The van der Waals surface area contributed by atoms with Crippen molar-refractivity contribution in [2.24, 2.45) is 0 Å². The quantitative estimate of drug-likeness (QED) is 0.491. The molecular weight excluding hydrogens is 394 g/mol. The van der Waals surface area contributed by atoms with Crippen LogP contribution in [0.4, 0.5) is 4.79 Å². The van der Waals surface area contributed by atoms with Crippen LogP contribution in [0.5, 0.6) is 0 Å². The van der Waals surface area contributed by atoms with Crippen LogP contribution in [0.2, 0.25) is 0 Å². The van der Waals surface area contributed by atoms with Gasteiger partial charge in [0.2, 0.25) is 0 Å². The summed E-state index contributed by atoms with van der Waals surface area (Å²) in [6, 6.07) is 15.2. The first kappa shape index (κ1) is 17.9. The number of carbonyl (C=O) groups is 2. The summed E-state index contributed by atoms with van der Waals surface area (Å²) in [7, 11) is 1.67. The molecule has 1 fully saturated rings. The molecule has 1 unspecified atom stereocenters. The molecule has 0 saturated carbocycles. The van der Waals surface area contributed by atoms with Crippen LogP contribution in [0.25, 0.3) is 21.9 Å². The van der Waals surface area contributed by atoms with Gasteiger partial charge < -0.3 is 9.88 Å². The van der Waals surface area contributed by atoms with Gasteiger partial charge in [-0.15, -0.1) is 0 Å². The fourth-order valence-corrected chi connectivity index (χ4v) is 4.88. The van der Waals surface area contributed by atoms with E-state index in [0.29, 0.717) is 19.4 Å². The van der Waals surface area contributed by atoms with Gasteiger partial charge in [0.05, 0.1) is 28.8 Å². The predicted molar refractivity (Wildman–Crippen MR) is 115 cm³/mol. The summed E-state index contributed by atoms with van der Waals surface area (Å²) in [5, 5.41) is 3.40. The Morgan fingerprint density at radius 1 is 1.03 bits per heavy atom. The summed E-state index contributed by atoms with van der Waals surface area (Å²) >= 11 is 0. The average molecular weight is 413 g/mol. The van der Waals surface area contributed by atoms with E-state index in [1.165, 1.54) is 4.90 Å². The van der Waals surface area contributed by atoms with Gasteiger partial charge in [0, 0.05) is 25.3 Å². The molecule has 3 amide bonds. The van der Waals surface area contributed by atoms with Crippen molar-refractivity contribution in [1.82, 2.24) is 24.8 Å². The number of nitrogens with one attached hydrogen (secondary N) is 2. The van der Waals surface area contributed by atoms with Crippen molar-refractivity contribution in [2.45, 2.75) is 24.9 Å². The van der Waals surface area contributed by atoms with E-state index in [-0.39, 0.29) is 17.6 Å². The van der Waals surface area contributed by atoms with Crippen LogP contribution in [-0.2, 0) is 24.2 Å². The summed E-state index contributed by atoms with van der Waals surface area (Å²) in [5.74, 6) is -0.243. The Balaban J connectivity index is 1.38. The van der Waals surface area contributed by atoms with Gasteiger partial charge in [0.1, 0.15) is 5.54 Å². The smallest absolute Gasteiger partial charge is 0.312 e. The van der Waals surface area contributed by atoms with Crippen molar-refractivity contribution >= 4 is 33.9 Å². The van der Waals surface area contributed by atoms with Crippen molar-refractivity contribution in [3.05, 3.63) is 75.8 Å². The minimum atomic E-state index is -0.850. The third kappa shape index (κ3) is 2.48. The Morgan fingerprint density at radius 2 is 1.81 bits per heavy atom. The van der Waals surface area contributed by atoms with Gasteiger partial charge in [-0.2, -0.15) is 0 Å². The predicted octanol–water partition coefficient (Wildman–Crippen LogP) is 1.95. The number of hydrogen-bond acceptors (Lipinski definition) is 4. The Hall–Kier alpha value is -3.94. The van der Waals surface area contributed by atoms with E-state index < -0.39 is 5.54 Å². The van der Waals surface area contributed by atoms with Crippen LogP contribution in [0.15, 0.2) is 53.3 Å². The van der Waals surface area contributed by atoms with Gasteiger partial charge in [0.25, 0.3) is 5.91 Å². The van der Waals surface area contributed by atoms with E-state index in [4.69, 9.17) is 4.98 Å². The summed E-state index contributed by atoms with van der Waals surface area (Å²) < 4.78 is 1.68. The molecule has 2 aromatic carbocycles. The molecule has 2 N–H and O–H groups in total. The summed E-state index contributed by atoms with van der Waals surface area (Å²) in [6.45, 7) is 0.361. The first-order valence-electron chi connectivity index (χ1n) is 10.1. The molecule has 8 heteroatoms. The second-order valence-electron chi connectivity index (χ2n) is 8.35. The van der Waals surface area contributed by atoms with Gasteiger partial charge in [-0.3, -0.25) is 19.7 Å². The second-order valence-corrected chi connectivity index (χ2v) is 8.35. The molecule has 2 aliphatic rings. The van der Waals surface area contributed by atoms with Crippen LogP contribution in [0, 0.1) is 0 Å². The van der Waals surface area contributed by atoms with Crippen LogP contribution >= 0.6 is 0 Å². The van der Waals surface area contributed by atoms with Gasteiger partial charge in [-0.05, 0) is 41.5 Å². The number of urea groups is 1. The topological polar surface area (TPSA) is 100 Å². The van der Waals surface area contributed by atoms with E-state index in [1.54, 1.807) is 11.6 Å². The Labute approximate surface area is 176 Å². The second kappa shape index (κ2) is 6.04. The standard InChI is InChI=1S/C23H19N5O3/c1-27-21(30)26-20(29)23(27)10-14-8-13-6-7-16(24-18(13)9-15(14)11-23)12-28-19-5-3-2-4-17(19)25-22(28)31/h2-9H,10-12H2,1H3,(H,25,31)(H,26,29,30). The number of rotatable bonds is 2. The zero-order chi connectivity index (χ0) is 21.3. The zero-order valence-electron chi connectivity index (χ0n) is 16.8. The lowest BCUT2D eigenvalue weighted by Gasteiger charge is -2.27. The maximum absolute atomic E-state index is 12.5. The molecule has 1 saturated heterocycles. The number of fused-ring (bicyclic) bond motifs is 3. The number of aromatic amines is 1. The van der Waals surface area contributed by atoms with E-state index in [1.807, 2.05) is 42.5 Å². The van der Waals surface area contributed by atoms with E-state index in [0.717, 1.165) is 38.8 Å². The molecule has 154 valence electrons. The number of imidazole rings is 1. The number of carbonyl (C=O) groups excluding carboxylic acids is 2. The van der Waals surface area contributed by atoms with Gasteiger partial charge >= 0.3 is 11.7 Å². The lowest BCUT2D eigenvalue weighted by atomic mass is 9.95. The molecule has 8 nitrogen and oxygen atoms in total. The SMILES string of the molecule is CN1C(=O)NC(=O)C12Cc1cc3ccc(Cn4c(=O)[nH]c5ccccc54)nc3cc1C2. The van der Waals surface area contributed by atoms with Crippen LogP contribution in [0.1, 0.15) is 16.8 Å². The number of nitrogens with zero attached hydrogens (tertiary/aromatic N) is 3. The first-order chi connectivity index (χ1) is 14.9. The third-order valence-electron chi connectivity index (χ3n) is 6.63. The summed E-state index contributed by atoms with van der Waals surface area (Å²) in [5.41, 5.74) is 4.29. The Kier molecular flexibility index (Phi) is 3.48. The average Bonchev–Trinajstić information content (AvgIpc) is 3.35. The van der Waals surface area contributed by atoms with Crippen molar-refractivity contribution in [3.63, 3.8) is 0 Å². The number of para-hydroxylation sites is 2. The number of amides is 3. The Bertz CT molecular complexity index is 1480. The largest absolute Gasteiger partial charge is 0.326 e. The van der Waals surface area contributed by atoms with Gasteiger partial charge in [-0.1, -0.05) is 18.2 Å². The van der Waals surface area contributed by atoms with Crippen LogP contribution in [0.3, 0.4) is 0 Å². The number of H-pyrrole nitrogens is 1. The zero-order valence-corrected chi connectivity index (χ0v) is 16.8. The fourth-order valence-electron chi connectivity index (χ4n) is 4.88. The molecule has 1 aliphatic carbocycles. The monoisotopic (exact) mass is 413 g/mol. The molecule has 6 rings (SSSR count). The van der Waals surface area contributed by atoms with Crippen molar-refractivity contribution in [1.29, 1.82) is 0 Å². The van der Waals surface area contributed by atoms with E-state index in [9.17, 15) is 14.4 Å². The van der Waals surface area contributed by atoms with Crippen molar-refractivity contribution < 1.29 is 9.59 Å². The van der Waals surface area contributed by atoms with Crippen molar-refractivity contribution in [2.75, 3.05) is 7.05 Å². The molecule has 31 heavy (non-hydrogen) atoms. The first-order valence-corrected chi connectivity index (χ1v) is 10.1. The van der Waals surface area contributed by atoms with Crippen molar-refractivity contribution in [3.8, 4) is 0 Å². The minimum Gasteiger partial charge on any atom is -0.312 e. The highest BCUT2D eigenvalue weighted by atomic mass is 16.2. The number of pyridine rings is 1. The molecule has 2 aromatic heterocycles. The number of aromatic nitrogens is 3. The normalized spacial score (nSPS) is 20.2. The highest BCUT2D eigenvalue weighted by Gasteiger charge is 2.54. The molecule has 1 aliphatic heterocycles. The highest BCUT2D eigenvalue weighted by Crippen LogP contribution is 2.38. The van der Waals surface area contributed by atoms with Crippen LogP contribution in [-0.4, -0.2) is 44.0 Å². The maximum Gasteiger partial charge on any atom is 0.326 e. The van der Waals surface area contributed by atoms with Gasteiger partial charge in [-0.25, -0.2) is 9.59 Å². The molecule has 1 atom stereocenters. The molecule has 0 radical (unpaired) electrons. The number of benzene rings is 2. The van der Waals surface area contributed by atoms with Crippen LogP contribution < -0.4 is 11.0 Å². The van der Waals surface area contributed by atoms with E-state index >= 15 is 0 Å². The number of imide groups is 1. The van der Waals surface area contributed by atoms with Gasteiger partial charge in [0.15, 0.2) is 0 Å². The fraction of sp³-hybridized carbons (Fsp3) is 0.217. The molecule has 3 heterocycles. The maximum atomic E-state index is 12.5. The molecule has 4 aromatic rings. The summed E-state index contributed by atoms with van der Waals surface area (Å²) in [4.78, 5) is 46.1. The molecular formula is C23H19N5O3. The molecule has 1 spiro atoms. The lowest BCUT2D eigenvalue weighted by Crippen LogP contribution is -2.48. The number of hydrogen-bond donors (Lipinski definition) is 2. The Morgan fingerprint density at radius 3 is 2.58 bits per heavy atom. The van der Waals surface area contributed by atoms with E-state index in [2.05, 4.69) is 16.4 Å². The lowest BCUT2D eigenvalue weighted by molar-refractivity contribution is -0.125. The minimum absolute atomic E-state index is 0.168. The third-order valence-corrected chi connectivity index (χ3v) is 6.63.